The molecule has 1 N–H and O–H groups in total. The number of esters is 1. The number of carbonyl (C=O) groups is 3. The number of hydrogen-bond donors (Lipinski definition) is 1. The molecule has 9 rings (SSSR count). The average molecular weight is 658 g/mol. The van der Waals surface area contributed by atoms with Crippen LogP contribution in [0, 0.1) is 10.8 Å². The fourth-order valence-corrected chi connectivity index (χ4v) is 9.67. The van der Waals surface area contributed by atoms with Crippen molar-refractivity contribution in [3.8, 4) is 11.5 Å². The second-order valence-electron chi connectivity index (χ2n) is 13.6. The zero-order valence-corrected chi connectivity index (χ0v) is 27.0. The summed E-state index contributed by atoms with van der Waals surface area (Å²) in [4.78, 5) is 44.8. The van der Waals surface area contributed by atoms with Gasteiger partial charge in [-0.15, -0.1) is 23.2 Å². The number of carbonyl (C=O) groups excluding carboxylic acids is 3. The number of anilines is 2. The predicted octanol–water partition coefficient (Wildman–Crippen LogP) is 7.61. The van der Waals surface area contributed by atoms with E-state index in [2.05, 4.69) is 0 Å². The standard InChI is InChI=1S/C37H34Cl2N2O5/c1-21(42)46-31-14-29-33(27-10-5-3-8-25(27)31)23(16-39)18-41(29)35(45)37-12-6-11-36(19-37,20-37)34(44)40-17-22(15-38)32-26-9-4-2-7-24(26)30(43)13-28(32)40/h2-5,7-10,13-14,22-23,43H,6,11-12,15-20H2,1H3/t22-,23-,36-,37+/m1/s1. The van der Waals surface area contributed by atoms with Gasteiger partial charge in [0, 0.05) is 66.5 Å². The lowest BCUT2D eigenvalue weighted by Crippen LogP contribution is -2.63. The summed E-state index contributed by atoms with van der Waals surface area (Å²) in [6.45, 7) is 2.27. The molecule has 0 spiro atoms. The van der Waals surface area contributed by atoms with Crippen LogP contribution < -0.4 is 14.5 Å². The van der Waals surface area contributed by atoms with Crippen molar-refractivity contribution in [2.45, 2.75) is 50.9 Å². The maximum absolute atomic E-state index is 14.6. The molecule has 7 nitrogen and oxygen atoms in total. The lowest BCUT2D eigenvalue weighted by molar-refractivity contribution is -0.165. The number of ether oxygens (including phenoxy) is 1. The van der Waals surface area contributed by atoms with Gasteiger partial charge in [0.15, 0.2) is 0 Å². The molecule has 4 aromatic rings. The van der Waals surface area contributed by atoms with Gasteiger partial charge in [-0.2, -0.15) is 0 Å². The lowest BCUT2D eigenvalue weighted by atomic mass is 9.44. The minimum atomic E-state index is -0.653. The number of phenolic OH excluding ortho intramolecular Hbond substituents is 1. The van der Waals surface area contributed by atoms with Crippen molar-refractivity contribution >= 4 is 73.9 Å². The maximum Gasteiger partial charge on any atom is 0.308 e. The number of phenols is 1. The Morgan fingerprint density at radius 1 is 0.783 bits per heavy atom. The number of hydrogen-bond acceptors (Lipinski definition) is 5. The lowest BCUT2D eigenvalue weighted by Gasteiger charge is -2.59. The van der Waals surface area contributed by atoms with Crippen molar-refractivity contribution < 1.29 is 24.2 Å². The first-order chi connectivity index (χ1) is 22.2. The largest absolute Gasteiger partial charge is 0.507 e. The number of aromatic hydroxyl groups is 1. The molecule has 0 saturated heterocycles. The summed E-state index contributed by atoms with van der Waals surface area (Å²) in [7, 11) is 0. The molecule has 5 aliphatic rings. The van der Waals surface area contributed by atoms with E-state index in [-0.39, 0.29) is 29.4 Å². The monoisotopic (exact) mass is 656 g/mol. The van der Waals surface area contributed by atoms with Crippen LogP contribution in [0.2, 0.25) is 0 Å². The maximum atomic E-state index is 14.6. The first kappa shape index (κ1) is 29.6. The van der Waals surface area contributed by atoms with Crippen LogP contribution in [-0.4, -0.2) is 47.7 Å². The quantitative estimate of drug-likeness (QED) is 0.136. The molecule has 2 heterocycles. The van der Waals surface area contributed by atoms with E-state index in [1.165, 1.54) is 6.92 Å². The van der Waals surface area contributed by atoms with Crippen molar-refractivity contribution in [3.63, 3.8) is 0 Å². The molecule has 236 valence electrons. The van der Waals surface area contributed by atoms with Crippen molar-refractivity contribution in [2.24, 2.45) is 10.8 Å². The molecule has 2 aliphatic heterocycles. The summed E-state index contributed by atoms with van der Waals surface area (Å²) in [5.41, 5.74) is 2.15. The van der Waals surface area contributed by atoms with Gasteiger partial charge in [0.05, 0.1) is 22.2 Å². The zero-order chi connectivity index (χ0) is 32.0. The van der Waals surface area contributed by atoms with Gasteiger partial charge >= 0.3 is 5.97 Å². The second-order valence-corrected chi connectivity index (χ2v) is 14.2. The number of fused-ring (bicyclic) bond motifs is 8. The number of amides is 2. The summed E-state index contributed by atoms with van der Waals surface area (Å²) in [5.74, 6) is 0.758. The average Bonchev–Trinajstić information content (AvgIpc) is 3.62. The van der Waals surface area contributed by atoms with Crippen LogP contribution >= 0.6 is 23.2 Å². The molecule has 3 saturated carbocycles. The van der Waals surface area contributed by atoms with E-state index in [1.54, 1.807) is 6.07 Å². The third-order valence-corrected chi connectivity index (χ3v) is 11.7. The highest BCUT2D eigenvalue weighted by Gasteiger charge is 2.66. The van der Waals surface area contributed by atoms with E-state index < -0.39 is 16.8 Å². The second kappa shape index (κ2) is 10.6. The Balaban J connectivity index is 1.13. The van der Waals surface area contributed by atoms with Gasteiger partial charge in [0.25, 0.3) is 0 Å². The highest BCUT2D eigenvalue weighted by molar-refractivity contribution is 6.20. The van der Waals surface area contributed by atoms with Crippen LogP contribution in [-0.2, 0) is 14.4 Å². The smallest absolute Gasteiger partial charge is 0.308 e. The Morgan fingerprint density at radius 2 is 1.26 bits per heavy atom. The number of benzene rings is 4. The molecule has 46 heavy (non-hydrogen) atoms. The van der Waals surface area contributed by atoms with E-state index in [0.717, 1.165) is 63.3 Å². The van der Waals surface area contributed by atoms with Crippen molar-refractivity contribution in [1.29, 1.82) is 0 Å². The molecule has 3 fully saturated rings. The van der Waals surface area contributed by atoms with Crippen molar-refractivity contribution in [3.05, 3.63) is 71.8 Å². The minimum Gasteiger partial charge on any atom is -0.507 e. The van der Waals surface area contributed by atoms with Gasteiger partial charge in [-0.05, 0) is 47.6 Å². The van der Waals surface area contributed by atoms with Crippen LogP contribution in [0.4, 0.5) is 11.4 Å². The van der Waals surface area contributed by atoms with Crippen LogP contribution in [0.15, 0.2) is 60.7 Å². The van der Waals surface area contributed by atoms with E-state index >= 15 is 0 Å². The molecular formula is C37H34Cl2N2O5. The van der Waals surface area contributed by atoms with Gasteiger partial charge in [-0.25, -0.2) is 0 Å². The Bertz CT molecular complexity index is 1970. The Morgan fingerprint density at radius 3 is 1.78 bits per heavy atom. The highest BCUT2D eigenvalue weighted by atomic mass is 35.5. The molecule has 2 bridgehead atoms. The van der Waals surface area contributed by atoms with Gasteiger partial charge < -0.3 is 19.6 Å². The van der Waals surface area contributed by atoms with Crippen molar-refractivity contribution in [2.75, 3.05) is 34.6 Å². The third kappa shape index (κ3) is 4.13. The van der Waals surface area contributed by atoms with Crippen LogP contribution in [0.1, 0.15) is 62.0 Å². The summed E-state index contributed by atoms with van der Waals surface area (Å²) >= 11 is 13.0. The third-order valence-electron chi connectivity index (χ3n) is 11.0. The van der Waals surface area contributed by atoms with E-state index in [0.29, 0.717) is 43.4 Å². The molecule has 9 heteroatoms. The molecule has 0 aromatic heterocycles. The Kier molecular flexibility index (Phi) is 6.82. The number of rotatable bonds is 5. The minimum absolute atomic E-state index is 0.0117. The molecule has 2 atom stereocenters. The highest BCUT2D eigenvalue weighted by Crippen LogP contribution is 2.66. The summed E-state index contributed by atoms with van der Waals surface area (Å²) in [6.07, 6.45) is 3.18. The molecule has 0 radical (unpaired) electrons. The zero-order valence-electron chi connectivity index (χ0n) is 25.5. The van der Waals surface area contributed by atoms with E-state index in [9.17, 15) is 19.5 Å². The fourth-order valence-electron chi connectivity index (χ4n) is 9.17. The Labute approximate surface area is 277 Å². The fraction of sp³-hybridized carbons (Fsp3) is 0.378. The van der Waals surface area contributed by atoms with Crippen LogP contribution in [0.5, 0.6) is 11.5 Å². The SMILES string of the molecule is CC(=O)Oc1cc2c(c3ccccc13)[C@H](CCl)CN2C(=O)[C@]12CCC[C@](C(=O)N3C[C@@H](CCl)c4c3cc(O)c3ccccc43)(C1)C2. The molecular weight excluding hydrogens is 623 g/mol. The van der Waals surface area contributed by atoms with Gasteiger partial charge in [0.1, 0.15) is 11.5 Å². The van der Waals surface area contributed by atoms with Gasteiger partial charge in [-0.1, -0.05) is 55.0 Å². The summed E-state index contributed by atoms with van der Waals surface area (Å²) in [5, 5.41) is 14.3. The molecule has 3 aliphatic carbocycles. The summed E-state index contributed by atoms with van der Waals surface area (Å²) in [6, 6.07) is 19.0. The topological polar surface area (TPSA) is 87.2 Å². The van der Waals surface area contributed by atoms with Crippen molar-refractivity contribution in [1.82, 2.24) is 0 Å². The Hall–Kier alpha value is -3.81. The first-order valence-electron chi connectivity index (χ1n) is 15.9. The van der Waals surface area contributed by atoms with Gasteiger partial charge in [-0.3, -0.25) is 14.4 Å². The molecule has 4 aromatic carbocycles. The summed E-state index contributed by atoms with van der Waals surface area (Å²) < 4.78 is 5.63. The number of halogens is 2. The molecule has 0 unspecified atom stereocenters. The van der Waals surface area contributed by atoms with E-state index in [4.69, 9.17) is 27.9 Å². The van der Waals surface area contributed by atoms with Crippen LogP contribution in [0.25, 0.3) is 21.5 Å². The van der Waals surface area contributed by atoms with Crippen LogP contribution in [0.3, 0.4) is 0 Å². The number of nitrogens with zero attached hydrogens (tertiary/aromatic N) is 2. The predicted molar refractivity (Wildman–Crippen MR) is 180 cm³/mol. The first-order valence-corrected chi connectivity index (χ1v) is 17.0. The normalized spacial score (nSPS) is 26.2. The number of alkyl halides is 2. The van der Waals surface area contributed by atoms with Gasteiger partial charge in [0.2, 0.25) is 11.8 Å². The molecule has 2 amide bonds. The van der Waals surface area contributed by atoms with E-state index in [1.807, 2.05) is 64.4 Å².